The molecule has 24 rings (SSSR count). The number of rotatable bonds is 16. The highest BCUT2D eigenvalue weighted by molar-refractivity contribution is 6.30. The highest BCUT2D eigenvalue weighted by atomic mass is 35.5. The zero-order valence-corrected chi connectivity index (χ0v) is 80.8. The van der Waals surface area contributed by atoms with Gasteiger partial charge in [0.05, 0.1) is 86.2 Å². The smallest absolute Gasteiger partial charge is 0.420 e. The molecular formula is C117H96ClF3N16O8. The number of hydrogen-bond donors (Lipinski definition) is 1. The fraction of sp³-hybridized carbons (Fsp3) is 0.0855. The van der Waals surface area contributed by atoms with Gasteiger partial charge in [-0.25, -0.2) is 39.9 Å². The molecule has 0 bridgehead atoms. The molecule has 16 heterocycles. The lowest BCUT2D eigenvalue weighted by atomic mass is 10.1. The summed E-state index contributed by atoms with van der Waals surface area (Å²) in [7, 11) is 6.45. The van der Waals surface area contributed by atoms with Gasteiger partial charge in [0.15, 0.2) is 17.3 Å². The number of aliphatic hydroxyl groups excluding tert-OH is 1. The predicted molar refractivity (Wildman–Crippen MR) is 562 cm³/mol. The Morgan fingerprint density at radius 3 is 0.848 bits per heavy atom. The number of ketones is 3. The molecule has 1 N–H and O–H groups in total. The number of aryl methyl sites for hydroxylation is 1. The summed E-state index contributed by atoms with van der Waals surface area (Å²) in [6.45, 7) is 6.81. The van der Waals surface area contributed by atoms with Crippen molar-refractivity contribution in [2.45, 2.75) is 40.5 Å². The Bertz CT molecular complexity index is 8340. The lowest BCUT2D eigenvalue weighted by molar-refractivity contribution is -0.136. The molecule has 0 spiro atoms. The maximum Gasteiger partial charge on any atom is 0.420 e. The van der Waals surface area contributed by atoms with Gasteiger partial charge in [0.2, 0.25) is 0 Å². The molecule has 0 atom stereocenters. The third kappa shape index (κ3) is 24.0. The van der Waals surface area contributed by atoms with E-state index in [0.717, 1.165) is 163 Å². The molecule has 8 aromatic carbocycles. The average Bonchev–Trinajstić information content (AvgIpc) is 1.65. The second kappa shape index (κ2) is 45.2. The zero-order chi connectivity index (χ0) is 101. The van der Waals surface area contributed by atoms with E-state index in [0.29, 0.717) is 22.8 Å². The number of aromatic nitrogens is 16. The molecule has 0 aliphatic rings. The molecule has 16 aromatic heterocycles. The van der Waals surface area contributed by atoms with E-state index < -0.39 is 11.7 Å². The summed E-state index contributed by atoms with van der Waals surface area (Å²) in [5, 5.41) is 9.74. The van der Waals surface area contributed by atoms with E-state index >= 15 is 0 Å². The summed E-state index contributed by atoms with van der Waals surface area (Å²) in [5.74, 6) is 3.12. The molecule has 0 fully saturated rings. The molecule has 0 amide bonds. The number of fused-ring (bicyclic) bond motifs is 8. The Morgan fingerprint density at radius 2 is 0.552 bits per heavy atom. The first kappa shape index (κ1) is 98.1. The minimum atomic E-state index is -4.42. The van der Waals surface area contributed by atoms with Crippen molar-refractivity contribution in [1.29, 1.82) is 0 Å². The Morgan fingerprint density at radius 1 is 0.290 bits per heavy atom. The van der Waals surface area contributed by atoms with E-state index in [2.05, 4.69) is 52.9 Å². The van der Waals surface area contributed by atoms with Gasteiger partial charge in [-0.3, -0.25) is 14.4 Å². The molecule has 720 valence electrons. The molecule has 0 saturated heterocycles. The van der Waals surface area contributed by atoms with Gasteiger partial charge in [-0.15, -0.1) is 0 Å². The maximum absolute atomic E-state index is 12.9. The van der Waals surface area contributed by atoms with Crippen molar-refractivity contribution in [3.05, 3.63) is 459 Å². The van der Waals surface area contributed by atoms with E-state index in [1.807, 2.05) is 391 Å². The summed E-state index contributed by atoms with van der Waals surface area (Å²) in [5.41, 5.74) is 24.9. The Balaban J connectivity index is 0.000000114. The number of hydrogen-bond acceptors (Lipinski definition) is 16. The number of carbonyl (C=O) groups excluding carboxylic acids is 3. The summed E-state index contributed by atoms with van der Waals surface area (Å²) in [4.78, 5) is 70.1. The summed E-state index contributed by atoms with van der Waals surface area (Å²) < 4.78 is 74.6. The van der Waals surface area contributed by atoms with Gasteiger partial charge in [-0.1, -0.05) is 103 Å². The predicted octanol–water partition coefficient (Wildman–Crippen LogP) is 26.1. The minimum Gasteiger partial charge on any atom is -0.497 e. The lowest BCUT2D eigenvalue weighted by Crippen LogP contribution is -2.05. The normalized spacial score (nSPS) is 10.9. The number of halogens is 4. The molecule has 145 heavy (non-hydrogen) atoms. The fourth-order valence-corrected chi connectivity index (χ4v) is 15.8. The van der Waals surface area contributed by atoms with E-state index in [1.165, 1.54) is 23.1 Å². The van der Waals surface area contributed by atoms with E-state index in [9.17, 15) is 27.6 Å². The molecule has 0 aliphatic carbocycles. The van der Waals surface area contributed by atoms with Crippen molar-refractivity contribution in [3.8, 4) is 113 Å². The number of nitrogens with zero attached hydrogens (tertiary/aromatic N) is 16. The molecule has 0 radical (unpaired) electrons. The van der Waals surface area contributed by atoms with Gasteiger partial charge in [-0.05, 0) is 269 Å². The number of aliphatic hydroxyl groups is 1. The van der Waals surface area contributed by atoms with Crippen molar-refractivity contribution >= 4 is 74.1 Å². The van der Waals surface area contributed by atoms with E-state index in [4.69, 9.17) is 35.7 Å². The fourth-order valence-electron chi connectivity index (χ4n) is 15.7. The summed E-state index contributed by atoms with van der Waals surface area (Å²) in [6, 6.07) is 101. The number of carbonyl (C=O) groups is 3. The van der Waals surface area contributed by atoms with Crippen LogP contribution in [-0.4, -0.2) is 126 Å². The Kier molecular flexibility index (Phi) is 30.6. The minimum absolute atomic E-state index is 0.0107. The Labute approximate surface area is 836 Å². The van der Waals surface area contributed by atoms with Crippen LogP contribution in [0.4, 0.5) is 13.2 Å². The topological polar surface area (TPSA) is 247 Å². The monoisotopic (exact) mass is 1940 g/mol. The highest BCUT2D eigenvalue weighted by Gasteiger charge is 2.34. The Hall–Kier alpha value is -18.5. The number of alkyl halides is 3. The van der Waals surface area contributed by atoms with Crippen LogP contribution in [0.3, 0.4) is 0 Å². The van der Waals surface area contributed by atoms with Crippen LogP contribution < -0.4 is 18.9 Å². The number of methoxy groups -OCH3 is 4. The molecule has 0 saturated carbocycles. The second-order valence-corrected chi connectivity index (χ2v) is 33.6. The first-order valence-electron chi connectivity index (χ1n) is 45.9. The van der Waals surface area contributed by atoms with Crippen molar-refractivity contribution in [2.75, 3.05) is 28.4 Å². The van der Waals surface area contributed by atoms with Crippen LogP contribution in [0.2, 0.25) is 5.02 Å². The summed E-state index contributed by atoms with van der Waals surface area (Å²) in [6.07, 6.45) is 26.3. The van der Waals surface area contributed by atoms with Crippen molar-refractivity contribution in [2.24, 2.45) is 0 Å². The molecule has 24 aromatic rings. The first-order valence-corrected chi connectivity index (χ1v) is 46.3. The van der Waals surface area contributed by atoms with Gasteiger partial charge in [0.25, 0.3) is 0 Å². The maximum atomic E-state index is 12.9. The van der Waals surface area contributed by atoms with Crippen molar-refractivity contribution < 1.29 is 51.6 Å². The van der Waals surface area contributed by atoms with Gasteiger partial charge >= 0.3 is 6.18 Å². The van der Waals surface area contributed by atoms with E-state index in [1.54, 1.807) is 84.9 Å². The van der Waals surface area contributed by atoms with Crippen LogP contribution in [-0.2, 0) is 12.8 Å². The number of Topliss-reactive ketones (excluding diaryl/α,β-unsaturated/α-hetero) is 3. The van der Waals surface area contributed by atoms with Crippen LogP contribution >= 0.6 is 11.6 Å². The van der Waals surface area contributed by atoms with Gasteiger partial charge < -0.3 is 59.3 Å². The van der Waals surface area contributed by atoms with Crippen molar-refractivity contribution in [3.63, 3.8) is 0 Å². The first-order chi connectivity index (χ1) is 70.5. The molecule has 0 unspecified atom stereocenters. The summed E-state index contributed by atoms with van der Waals surface area (Å²) >= 11 is 5.85. The molecule has 24 nitrogen and oxygen atoms in total. The van der Waals surface area contributed by atoms with Crippen molar-refractivity contribution in [1.82, 2.24) is 75.1 Å². The third-order valence-corrected chi connectivity index (χ3v) is 23.9. The molecular weight excluding hydrogens is 1850 g/mol. The zero-order valence-electron chi connectivity index (χ0n) is 80.0. The van der Waals surface area contributed by atoms with E-state index in [-0.39, 0.29) is 29.6 Å². The third-order valence-electron chi connectivity index (χ3n) is 23.6. The van der Waals surface area contributed by atoms with Gasteiger partial charge in [0, 0.05) is 160 Å². The quantitative estimate of drug-likeness (QED) is 0.0883. The van der Waals surface area contributed by atoms with Crippen LogP contribution in [0, 0.1) is 6.92 Å². The number of benzene rings is 8. The average molecular weight is 1950 g/mol. The van der Waals surface area contributed by atoms with Crippen LogP contribution in [0.5, 0.6) is 23.0 Å². The van der Waals surface area contributed by atoms with Crippen LogP contribution in [0.15, 0.2) is 421 Å². The largest absolute Gasteiger partial charge is 0.497 e. The standard InChI is InChI=1S/C16H14N2O2.C15H11F3N2O.C15H14N2O.2C15H12N2O.2C14H12N2O.C13H9ClN2/c1-11(19)13-6-5-12(10-15(13)20-2)14-7-9-18-8-3-4-16(18)17-14;1-21-11-4-2-10(3-5-11)13-7-9-20-8-6-12(14(20)19-13)15(16,17)18;1-11-7-9-17-10-8-14(16-15(11)17)12-3-5-13(18-2)6-4-12;2*1-11(18)12-4-6-13(7-5-12)14-8-10-17-9-2-3-15(17)16-14;1-17-12-6-4-11(5-7-12)13-8-10-16-9-2-3-14(16)15-13;17-10-11-3-5-12(6-4-11)13-7-9-16-8-1-2-14(16)15-13;14-11-5-3-10(4-6-11)12-7-9-16-8-1-2-13(16)15-12/h3-10H,1-2H3;2-9H,1H3;3-10H,1-2H3;2*2-10H,1H3;2-10H,1H3;1-9,17H,10H2;1-9H. The highest BCUT2D eigenvalue weighted by Crippen LogP contribution is 2.36. The van der Waals surface area contributed by atoms with Gasteiger partial charge in [0.1, 0.15) is 73.7 Å². The molecule has 28 heteroatoms. The van der Waals surface area contributed by atoms with Crippen LogP contribution in [0.25, 0.3) is 135 Å². The van der Waals surface area contributed by atoms with Gasteiger partial charge in [-0.2, -0.15) is 13.2 Å². The molecule has 0 aliphatic heterocycles. The van der Waals surface area contributed by atoms with Crippen LogP contribution in [0.1, 0.15) is 68.5 Å². The lowest BCUT2D eigenvalue weighted by Gasteiger charge is -2.08. The number of ether oxygens (including phenoxy) is 4. The SMILES string of the molecule is CC(=O)c1ccc(-c2ccn3cccc3n2)cc1.CC(=O)c1ccc(-c2ccn3cccc3n2)cc1.COc1cc(-c2ccn3cccc3n2)ccc1C(C)=O.COc1ccc(-c2ccn3ccc(C(F)(F)F)c3n2)cc1.COc1ccc(-c2ccn3ccc(C)c3n2)cc1.COc1ccc(-c2ccn3cccc3n2)cc1.Clc1ccc(-c2ccn3cccc3n2)cc1.OCc1ccc(-c2ccn3cccc3n2)cc1. The second-order valence-electron chi connectivity index (χ2n) is 33.1.